The number of halogens is 2. The molecule has 0 fully saturated rings. The highest BCUT2D eigenvalue weighted by Gasteiger charge is 2.25. The number of benzene rings is 1. The number of aliphatic carboxylic acids is 1. The number of carbonyl (C=O) groups excluding carboxylic acids is 1. The van der Waals surface area contributed by atoms with E-state index in [0.29, 0.717) is 0 Å². The number of carboxylic acids is 1. The quantitative estimate of drug-likeness (QED) is 0.850. The van der Waals surface area contributed by atoms with E-state index in [1.54, 1.807) is 12.1 Å². The molecule has 0 spiro atoms. The number of nitrogens with one attached hydrogen (secondary N) is 1. The molecular weight excluding hydrogens is 299 g/mol. The van der Waals surface area contributed by atoms with Gasteiger partial charge in [0.05, 0.1) is 5.56 Å². The van der Waals surface area contributed by atoms with Crippen LogP contribution >= 0.6 is 11.6 Å². The number of rotatable bonds is 4. The molecule has 108 valence electrons. The van der Waals surface area contributed by atoms with Gasteiger partial charge in [-0.3, -0.25) is 4.79 Å². The Balaban J connectivity index is 2.30. The second-order valence-electron chi connectivity index (χ2n) is 4.11. The molecule has 0 aliphatic rings. The van der Waals surface area contributed by atoms with Crippen molar-refractivity contribution >= 4 is 23.5 Å². The molecule has 0 saturated carbocycles. The summed E-state index contributed by atoms with van der Waals surface area (Å²) in [5, 5.41) is 11.7. The van der Waals surface area contributed by atoms with Gasteiger partial charge in [0.1, 0.15) is 0 Å². The fourth-order valence-electron chi connectivity index (χ4n) is 1.75. The number of carboxylic acid groups (broad SMARTS) is 1. The average molecular weight is 309 g/mol. The first-order valence-corrected chi connectivity index (χ1v) is 6.27. The molecule has 0 aliphatic heterocycles. The van der Waals surface area contributed by atoms with Crippen LogP contribution in [0, 0.1) is 5.95 Å². The molecule has 0 saturated heterocycles. The van der Waals surface area contributed by atoms with Gasteiger partial charge in [-0.05, 0) is 18.2 Å². The standard InChI is InChI=1S/C14H10ClFN2O3/c15-10-6-2-1-4-8(10)11(14(20)21)18-13(19)9-5-3-7-17-12(9)16/h1-7,11H,(H,18,19)(H,20,21)/t11-/m1/s1. The second kappa shape index (κ2) is 6.32. The van der Waals surface area contributed by atoms with Crippen molar-refractivity contribution in [2.75, 3.05) is 0 Å². The Hall–Kier alpha value is -2.47. The van der Waals surface area contributed by atoms with Gasteiger partial charge < -0.3 is 10.4 Å². The van der Waals surface area contributed by atoms with Crippen molar-refractivity contribution in [3.63, 3.8) is 0 Å². The van der Waals surface area contributed by atoms with Gasteiger partial charge in [-0.25, -0.2) is 9.78 Å². The molecule has 7 heteroatoms. The molecule has 0 radical (unpaired) electrons. The van der Waals surface area contributed by atoms with Gasteiger partial charge in [0.2, 0.25) is 5.95 Å². The van der Waals surface area contributed by atoms with Crippen LogP contribution in [0.3, 0.4) is 0 Å². The van der Waals surface area contributed by atoms with Crippen molar-refractivity contribution in [1.29, 1.82) is 0 Å². The Morgan fingerprint density at radius 1 is 1.24 bits per heavy atom. The molecule has 1 heterocycles. The van der Waals surface area contributed by atoms with E-state index in [-0.39, 0.29) is 16.1 Å². The van der Waals surface area contributed by atoms with Gasteiger partial charge in [-0.15, -0.1) is 0 Å². The minimum absolute atomic E-state index is 0.192. The van der Waals surface area contributed by atoms with Crippen molar-refractivity contribution in [2.24, 2.45) is 0 Å². The minimum Gasteiger partial charge on any atom is -0.479 e. The molecule has 1 atom stereocenters. The summed E-state index contributed by atoms with van der Waals surface area (Å²) in [4.78, 5) is 26.6. The number of nitrogens with zero attached hydrogens (tertiary/aromatic N) is 1. The monoisotopic (exact) mass is 308 g/mol. The van der Waals surface area contributed by atoms with E-state index in [1.807, 2.05) is 0 Å². The maximum Gasteiger partial charge on any atom is 0.330 e. The summed E-state index contributed by atoms with van der Waals surface area (Å²) in [6, 6.07) is 7.41. The highest BCUT2D eigenvalue weighted by atomic mass is 35.5. The van der Waals surface area contributed by atoms with Crippen LogP contribution in [0.4, 0.5) is 4.39 Å². The van der Waals surface area contributed by atoms with E-state index >= 15 is 0 Å². The van der Waals surface area contributed by atoms with Crippen LogP contribution in [0.5, 0.6) is 0 Å². The Morgan fingerprint density at radius 2 is 1.95 bits per heavy atom. The maximum atomic E-state index is 13.4. The van der Waals surface area contributed by atoms with Crippen LogP contribution in [0.25, 0.3) is 0 Å². The lowest BCUT2D eigenvalue weighted by atomic mass is 10.1. The lowest BCUT2D eigenvalue weighted by Gasteiger charge is -2.16. The molecule has 2 rings (SSSR count). The smallest absolute Gasteiger partial charge is 0.330 e. The zero-order valence-corrected chi connectivity index (χ0v) is 11.3. The Labute approximate surface area is 124 Å². The van der Waals surface area contributed by atoms with Crippen LogP contribution in [0.1, 0.15) is 22.0 Å². The van der Waals surface area contributed by atoms with Crippen molar-refractivity contribution in [3.8, 4) is 0 Å². The normalized spacial score (nSPS) is 11.7. The largest absolute Gasteiger partial charge is 0.479 e. The molecule has 1 amide bonds. The van der Waals surface area contributed by atoms with Crippen LogP contribution in [-0.2, 0) is 4.79 Å². The SMILES string of the molecule is O=C(N[C@@H](C(=O)O)c1ccccc1Cl)c1cccnc1F. The third-order valence-electron chi connectivity index (χ3n) is 2.74. The first kappa shape index (κ1) is 14.9. The highest BCUT2D eigenvalue weighted by molar-refractivity contribution is 6.31. The fourth-order valence-corrected chi connectivity index (χ4v) is 1.99. The predicted octanol–water partition coefficient (Wildman–Crippen LogP) is 2.43. The molecule has 21 heavy (non-hydrogen) atoms. The van der Waals surface area contributed by atoms with Crippen molar-refractivity contribution in [1.82, 2.24) is 10.3 Å². The van der Waals surface area contributed by atoms with Crippen molar-refractivity contribution in [2.45, 2.75) is 6.04 Å². The van der Waals surface area contributed by atoms with Gasteiger partial charge in [0.15, 0.2) is 6.04 Å². The van der Waals surface area contributed by atoms with Crippen molar-refractivity contribution < 1.29 is 19.1 Å². The zero-order valence-electron chi connectivity index (χ0n) is 10.6. The molecule has 2 aromatic rings. The molecule has 1 aromatic heterocycles. The van der Waals surface area contributed by atoms with Crippen LogP contribution < -0.4 is 5.32 Å². The average Bonchev–Trinajstić information content (AvgIpc) is 2.45. The van der Waals surface area contributed by atoms with Crippen LogP contribution in [0.15, 0.2) is 42.6 Å². The lowest BCUT2D eigenvalue weighted by molar-refractivity contribution is -0.139. The molecule has 1 aromatic carbocycles. The lowest BCUT2D eigenvalue weighted by Crippen LogP contribution is -2.34. The highest BCUT2D eigenvalue weighted by Crippen LogP contribution is 2.23. The number of hydrogen-bond acceptors (Lipinski definition) is 3. The van der Waals surface area contributed by atoms with Gasteiger partial charge >= 0.3 is 5.97 Å². The number of aromatic nitrogens is 1. The summed E-state index contributed by atoms with van der Waals surface area (Å²) in [5.41, 5.74) is -0.125. The molecule has 0 unspecified atom stereocenters. The summed E-state index contributed by atoms with van der Waals surface area (Å²) in [5.74, 6) is -3.16. The van der Waals surface area contributed by atoms with Crippen LogP contribution in [0.2, 0.25) is 5.02 Å². The minimum atomic E-state index is -1.38. The third-order valence-corrected chi connectivity index (χ3v) is 3.09. The van der Waals surface area contributed by atoms with E-state index in [9.17, 15) is 19.1 Å². The first-order valence-electron chi connectivity index (χ1n) is 5.89. The number of carbonyl (C=O) groups is 2. The van der Waals surface area contributed by atoms with Gasteiger partial charge in [0.25, 0.3) is 5.91 Å². The van der Waals surface area contributed by atoms with E-state index in [2.05, 4.69) is 10.3 Å². The summed E-state index contributed by atoms with van der Waals surface area (Å²) < 4.78 is 13.4. The Bertz CT molecular complexity index is 693. The van der Waals surface area contributed by atoms with E-state index < -0.39 is 23.9 Å². The van der Waals surface area contributed by atoms with Gasteiger partial charge in [-0.2, -0.15) is 4.39 Å². The van der Waals surface area contributed by atoms with Crippen LogP contribution in [-0.4, -0.2) is 22.0 Å². The Morgan fingerprint density at radius 3 is 2.57 bits per heavy atom. The predicted molar refractivity (Wildman–Crippen MR) is 73.5 cm³/mol. The second-order valence-corrected chi connectivity index (χ2v) is 4.52. The summed E-state index contributed by atoms with van der Waals surface area (Å²) in [6.07, 6.45) is 1.19. The molecule has 0 aliphatic carbocycles. The molecule has 0 bridgehead atoms. The molecular formula is C14H10ClFN2O3. The van der Waals surface area contributed by atoms with E-state index in [0.717, 1.165) is 0 Å². The third kappa shape index (κ3) is 3.35. The summed E-state index contributed by atoms with van der Waals surface area (Å²) >= 11 is 5.92. The summed E-state index contributed by atoms with van der Waals surface area (Å²) in [6.45, 7) is 0. The fraction of sp³-hybridized carbons (Fsp3) is 0.0714. The molecule has 2 N–H and O–H groups in total. The summed E-state index contributed by atoms with van der Waals surface area (Å²) in [7, 11) is 0. The molecule has 5 nitrogen and oxygen atoms in total. The maximum absolute atomic E-state index is 13.4. The number of hydrogen-bond donors (Lipinski definition) is 2. The first-order chi connectivity index (χ1) is 10.0. The van der Waals surface area contributed by atoms with Gasteiger partial charge in [-0.1, -0.05) is 29.8 Å². The van der Waals surface area contributed by atoms with Gasteiger partial charge in [0, 0.05) is 16.8 Å². The number of amides is 1. The zero-order chi connectivity index (χ0) is 15.4. The number of pyridine rings is 1. The van der Waals surface area contributed by atoms with E-state index in [1.165, 1.54) is 30.5 Å². The van der Waals surface area contributed by atoms with Crippen molar-refractivity contribution in [3.05, 3.63) is 64.7 Å². The Kier molecular flexibility index (Phi) is 4.49. The van der Waals surface area contributed by atoms with E-state index in [4.69, 9.17) is 11.6 Å². The topological polar surface area (TPSA) is 79.3 Å².